The smallest absolute Gasteiger partial charge is 0.342 e. The highest BCUT2D eigenvalue weighted by molar-refractivity contribution is 7.98. The minimum absolute atomic E-state index is 0.221. The van der Waals surface area contributed by atoms with E-state index in [4.69, 9.17) is 21.1 Å². The van der Waals surface area contributed by atoms with Gasteiger partial charge in [-0.15, -0.1) is 11.8 Å². The Morgan fingerprint density at radius 3 is 2.22 bits per heavy atom. The zero-order valence-corrected chi connectivity index (χ0v) is 16.4. The van der Waals surface area contributed by atoms with Crippen molar-refractivity contribution in [1.29, 1.82) is 0 Å². The average Bonchev–Trinajstić information content (AvgIpc) is 2.72. The number of esters is 1. The van der Waals surface area contributed by atoms with Crippen LogP contribution in [-0.2, 0) is 18.0 Å². The van der Waals surface area contributed by atoms with Crippen molar-refractivity contribution in [2.24, 2.45) is 0 Å². The molecule has 3 nitrogen and oxygen atoms in total. The van der Waals surface area contributed by atoms with Gasteiger partial charge in [-0.1, -0.05) is 48.0 Å². The zero-order chi connectivity index (χ0) is 19.1. The van der Waals surface area contributed by atoms with Crippen LogP contribution in [0.25, 0.3) is 0 Å². The molecule has 3 rings (SSSR count). The Balaban J connectivity index is 1.63. The molecule has 0 aliphatic rings. The van der Waals surface area contributed by atoms with E-state index in [0.29, 0.717) is 22.9 Å². The van der Waals surface area contributed by atoms with Crippen molar-refractivity contribution in [3.63, 3.8) is 0 Å². The number of halogens is 1. The Bertz CT molecular complexity index is 892. The number of carbonyl (C=O) groups is 1. The third-order valence-electron chi connectivity index (χ3n) is 3.94. The first-order valence-electron chi connectivity index (χ1n) is 8.42. The summed E-state index contributed by atoms with van der Waals surface area (Å²) < 4.78 is 11.3. The van der Waals surface area contributed by atoms with E-state index in [9.17, 15) is 4.79 Å². The molecule has 0 aromatic heterocycles. The summed E-state index contributed by atoms with van der Waals surface area (Å²) in [5.74, 6) is 0.0887. The lowest BCUT2D eigenvalue weighted by Gasteiger charge is -2.11. The molecule has 0 bridgehead atoms. The average molecular weight is 399 g/mol. The van der Waals surface area contributed by atoms with Gasteiger partial charge in [0.2, 0.25) is 0 Å². The molecule has 0 aliphatic heterocycles. The van der Waals surface area contributed by atoms with Gasteiger partial charge in [-0.2, -0.15) is 0 Å². The quantitative estimate of drug-likeness (QED) is 0.361. The summed E-state index contributed by atoms with van der Waals surface area (Å²) in [6.07, 6.45) is 2.02. The van der Waals surface area contributed by atoms with Gasteiger partial charge >= 0.3 is 5.97 Å². The Hall–Kier alpha value is -2.43. The highest BCUT2D eigenvalue weighted by Gasteiger charge is 2.14. The summed E-state index contributed by atoms with van der Waals surface area (Å²) in [4.78, 5) is 13.7. The molecular formula is C22H19ClO3S. The molecule has 0 saturated carbocycles. The van der Waals surface area contributed by atoms with Crippen LogP contribution >= 0.6 is 23.4 Å². The lowest BCUT2D eigenvalue weighted by molar-refractivity contribution is 0.0467. The molecule has 3 aromatic rings. The summed E-state index contributed by atoms with van der Waals surface area (Å²) >= 11 is 7.57. The van der Waals surface area contributed by atoms with E-state index < -0.39 is 5.97 Å². The molecule has 0 heterocycles. The van der Waals surface area contributed by atoms with Gasteiger partial charge in [0, 0.05) is 9.92 Å². The standard InChI is InChI=1S/C22H19ClO3S/c1-27-19-12-8-17(9-13-19)15-26-22(24)20-4-2-3-5-21(20)25-14-16-6-10-18(23)11-7-16/h2-13H,14-15H2,1H3. The van der Waals surface area contributed by atoms with Crippen LogP contribution in [0.3, 0.4) is 0 Å². The van der Waals surface area contributed by atoms with Crippen LogP contribution in [0.5, 0.6) is 5.75 Å². The van der Waals surface area contributed by atoms with Crippen molar-refractivity contribution in [2.75, 3.05) is 6.26 Å². The maximum Gasteiger partial charge on any atom is 0.342 e. The maximum absolute atomic E-state index is 12.5. The molecule has 0 unspecified atom stereocenters. The van der Waals surface area contributed by atoms with Crippen LogP contribution in [0.2, 0.25) is 5.02 Å². The van der Waals surface area contributed by atoms with Crippen molar-refractivity contribution in [1.82, 2.24) is 0 Å². The van der Waals surface area contributed by atoms with Gasteiger partial charge in [-0.25, -0.2) is 4.79 Å². The van der Waals surface area contributed by atoms with E-state index in [1.807, 2.05) is 60.9 Å². The Kier molecular flexibility index (Phi) is 6.80. The van der Waals surface area contributed by atoms with Crippen LogP contribution in [0.15, 0.2) is 77.7 Å². The van der Waals surface area contributed by atoms with Crippen molar-refractivity contribution < 1.29 is 14.3 Å². The Morgan fingerprint density at radius 2 is 1.52 bits per heavy atom. The van der Waals surface area contributed by atoms with Crippen LogP contribution in [-0.4, -0.2) is 12.2 Å². The number of para-hydroxylation sites is 1. The molecule has 0 saturated heterocycles. The number of hydrogen-bond donors (Lipinski definition) is 0. The first-order chi connectivity index (χ1) is 13.2. The topological polar surface area (TPSA) is 35.5 Å². The fourth-order valence-electron chi connectivity index (χ4n) is 2.45. The molecule has 0 atom stereocenters. The molecule has 138 valence electrons. The van der Waals surface area contributed by atoms with E-state index in [-0.39, 0.29) is 6.61 Å². The molecule has 0 fully saturated rings. The number of benzene rings is 3. The normalized spacial score (nSPS) is 10.4. The maximum atomic E-state index is 12.5. The Labute approximate surface area is 168 Å². The minimum Gasteiger partial charge on any atom is -0.488 e. The number of thioether (sulfide) groups is 1. The van der Waals surface area contributed by atoms with Crippen LogP contribution in [0, 0.1) is 0 Å². The minimum atomic E-state index is -0.407. The van der Waals surface area contributed by atoms with E-state index in [0.717, 1.165) is 11.1 Å². The zero-order valence-electron chi connectivity index (χ0n) is 14.9. The number of ether oxygens (including phenoxy) is 2. The van der Waals surface area contributed by atoms with E-state index in [1.54, 1.807) is 30.0 Å². The van der Waals surface area contributed by atoms with E-state index >= 15 is 0 Å². The third-order valence-corrected chi connectivity index (χ3v) is 4.94. The predicted octanol–water partition coefficient (Wildman–Crippen LogP) is 6.00. The highest BCUT2D eigenvalue weighted by atomic mass is 35.5. The molecule has 0 N–H and O–H groups in total. The van der Waals surface area contributed by atoms with Gasteiger partial charge in [0.15, 0.2) is 0 Å². The molecule has 0 aliphatic carbocycles. The van der Waals surface area contributed by atoms with Gasteiger partial charge in [0.1, 0.15) is 24.5 Å². The number of hydrogen-bond acceptors (Lipinski definition) is 4. The lowest BCUT2D eigenvalue weighted by atomic mass is 10.2. The van der Waals surface area contributed by atoms with Gasteiger partial charge in [-0.05, 0) is 53.8 Å². The number of carbonyl (C=O) groups excluding carboxylic acids is 1. The van der Waals surface area contributed by atoms with Crippen molar-refractivity contribution in [3.05, 3.63) is 94.5 Å². The van der Waals surface area contributed by atoms with Crippen LogP contribution in [0.4, 0.5) is 0 Å². The predicted molar refractivity (Wildman–Crippen MR) is 110 cm³/mol. The molecule has 27 heavy (non-hydrogen) atoms. The fraction of sp³-hybridized carbons (Fsp3) is 0.136. The lowest BCUT2D eigenvalue weighted by Crippen LogP contribution is -2.08. The van der Waals surface area contributed by atoms with Crippen molar-refractivity contribution >= 4 is 29.3 Å². The highest BCUT2D eigenvalue weighted by Crippen LogP contribution is 2.22. The van der Waals surface area contributed by atoms with Gasteiger partial charge in [0.05, 0.1) is 0 Å². The summed E-state index contributed by atoms with van der Waals surface area (Å²) in [6.45, 7) is 0.566. The third kappa shape index (κ3) is 5.52. The van der Waals surface area contributed by atoms with Gasteiger partial charge in [-0.3, -0.25) is 0 Å². The second kappa shape index (κ2) is 9.49. The number of rotatable bonds is 7. The SMILES string of the molecule is CSc1ccc(COC(=O)c2ccccc2OCc2ccc(Cl)cc2)cc1. The summed E-state index contributed by atoms with van der Waals surface area (Å²) in [6, 6.07) is 22.4. The second-order valence-corrected chi connectivity index (χ2v) is 7.15. The first-order valence-corrected chi connectivity index (χ1v) is 10.0. The second-order valence-electron chi connectivity index (χ2n) is 5.84. The van der Waals surface area contributed by atoms with E-state index in [2.05, 4.69) is 0 Å². The molecule has 3 aromatic carbocycles. The van der Waals surface area contributed by atoms with E-state index in [1.165, 1.54) is 4.90 Å². The first kappa shape index (κ1) is 19.3. The molecule has 0 radical (unpaired) electrons. The largest absolute Gasteiger partial charge is 0.488 e. The van der Waals surface area contributed by atoms with Crippen molar-refractivity contribution in [3.8, 4) is 5.75 Å². The van der Waals surface area contributed by atoms with Crippen LogP contribution < -0.4 is 4.74 Å². The molecule has 5 heteroatoms. The fourth-order valence-corrected chi connectivity index (χ4v) is 2.99. The van der Waals surface area contributed by atoms with Gasteiger partial charge < -0.3 is 9.47 Å². The Morgan fingerprint density at radius 1 is 0.889 bits per heavy atom. The molecule has 0 amide bonds. The monoisotopic (exact) mass is 398 g/mol. The summed E-state index contributed by atoms with van der Waals surface area (Å²) in [5.41, 5.74) is 2.32. The molecule has 0 spiro atoms. The summed E-state index contributed by atoms with van der Waals surface area (Å²) in [7, 11) is 0. The van der Waals surface area contributed by atoms with Crippen molar-refractivity contribution in [2.45, 2.75) is 18.1 Å². The van der Waals surface area contributed by atoms with Crippen LogP contribution in [0.1, 0.15) is 21.5 Å². The molecular weight excluding hydrogens is 380 g/mol. The van der Waals surface area contributed by atoms with Gasteiger partial charge in [0.25, 0.3) is 0 Å². The summed E-state index contributed by atoms with van der Waals surface area (Å²) in [5, 5.41) is 0.674.